The number of hydrogen-bond acceptors (Lipinski definition) is 1. The van der Waals surface area contributed by atoms with Gasteiger partial charge in [0.2, 0.25) is 0 Å². The van der Waals surface area contributed by atoms with E-state index in [0.717, 1.165) is 17.1 Å². The minimum atomic E-state index is -0.0489. The molecule has 2 heteroatoms. The van der Waals surface area contributed by atoms with E-state index < -0.39 is 0 Å². The Labute approximate surface area is 333 Å². The number of fused-ring (bicyclic) bond motifs is 7. The van der Waals surface area contributed by atoms with Gasteiger partial charge in [0, 0.05) is 38.9 Å². The van der Waals surface area contributed by atoms with Gasteiger partial charge in [0.05, 0.1) is 11.0 Å². The van der Waals surface area contributed by atoms with Gasteiger partial charge in [0.1, 0.15) is 0 Å². The Bertz CT molecular complexity index is 3170. The highest BCUT2D eigenvalue weighted by Gasteiger charge is 2.35. The van der Waals surface area contributed by atoms with Gasteiger partial charge in [0.25, 0.3) is 0 Å². The summed E-state index contributed by atoms with van der Waals surface area (Å²) >= 11 is 0. The highest BCUT2D eigenvalue weighted by molar-refractivity contribution is 6.10. The molecule has 0 atom stereocenters. The molecule has 0 unspecified atom stereocenters. The first-order valence-corrected chi connectivity index (χ1v) is 19.8. The van der Waals surface area contributed by atoms with E-state index in [4.69, 9.17) is 0 Å². The van der Waals surface area contributed by atoms with Gasteiger partial charge in [-0.3, -0.25) is 0 Å². The molecule has 11 rings (SSSR count). The molecule has 0 fully saturated rings. The number of rotatable bonds is 6. The second-order valence-corrected chi connectivity index (χ2v) is 15.8. The third kappa shape index (κ3) is 5.40. The highest BCUT2D eigenvalue weighted by Crippen LogP contribution is 2.51. The first-order valence-electron chi connectivity index (χ1n) is 19.8. The van der Waals surface area contributed by atoms with Crippen molar-refractivity contribution in [1.82, 2.24) is 4.57 Å². The van der Waals surface area contributed by atoms with E-state index in [1.807, 2.05) is 0 Å². The van der Waals surface area contributed by atoms with Crippen LogP contribution >= 0.6 is 0 Å². The molecule has 0 N–H and O–H groups in total. The summed E-state index contributed by atoms with van der Waals surface area (Å²) in [6, 6.07) is 75.7. The van der Waals surface area contributed by atoms with Crippen LogP contribution in [0.25, 0.3) is 71.6 Å². The zero-order valence-electron chi connectivity index (χ0n) is 32.0. The zero-order valence-corrected chi connectivity index (χ0v) is 32.0. The molecule has 0 bridgehead atoms. The van der Waals surface area contributed by atoms with Crippen molar-refractivity contribution >= 4 is 49.6 Å². The van der Waals surface area contributed by atoms with Crippen molar-refractivity contribution in [3.8, 4) is 39.1 Å². The van der Waals surface area contributed by atoms with Crippen LogP contribution < -0.4 is 4.90 Å². The summed E-state index contributed by atoms with van der Waals surface area (Å²) in [5.41, 5.74) is 17.1. The molecule has 57 heavy (non-hydrogen) atoms. The Morgan fingerprint density at radius 3 is 1.84 bits per heavy atom. The minimum Gasteiger partial charge on any atom is -0.310 e. The van der Waals surface area contributed by atoms with Crippen molar-refractivity contribution < 1.29 is 0 Å². The van der Waals surface area contributed by atoms with Crippen molar-refractivity contribution in [2.24, 2.45) is 0 Å². The summed E-state index contributed by atoms with van der Waals surface area (Å²) < 4.78 is 2.37. The van der Waals surface area contributed by atoms with E-state index in [1.54, 1.807) is 0 Å². The SMILES string of the molecule is CC1(C)c2ccccc2-c2cc(N(c3cccc(-c4cccc(-c5ccc6c(c5)c5ccccc5n6-c5ccccc5)c4)c3)c3ccc4ccccc4c3)ccc21. The molecule has 10 aromatic rings. The van der Waals surface area contributed by atoms with Crippen LogP contribution in [0.5, 0.6) is 0 Å². The number of hydrogen-bond donors (Lipinski definition) is 0. The van der Waals surface area contributed by atoms with Crippen LogP contribution in [0.15, 0.2) is 206 Å². The maximum Gasteiger partial charge on any atom is 0.0541 e. The lowest BCUT2D eigenvalue weighted by molar-refractivity contribution is 0.660. The fourth-order valence-electron chi connectivity index (χ4n) is 9.32. The lowest BCUT2D eigenvalue weighted by Crippen LogP contribution is -2.15. The predicted octanol–water partition coefficient (Wildman–Crippen LogP) is 15.0. The molecular formula is C55H40N2. The molecule has 0 saturated heterocycles. The van der Waals surface area contributed by atoms with Crippen molar-refractivity contribution in [2.75, 3.05) is 4.90 Å². The van der Waals surface area contributed by atoms with Gasteiger partial charge in [0.15, 0.2) is 0 Å². The standard InChI is InChI=1S/C55H40N2/c1-55(2)51-24-10-8-22-47(51)49-36-46(29-30-52(49)55)56(45-28-26-37-14-6-7-15-40(37)33-45)44-21-13-18-41(34-44)38-16-12-17-39(32-38)42-27-31-54-50(35-42)48-23-9-11-25-53(48)57(54)43-19-4-3-5-20-43/h3-36H,1-2H3. The van der Waals surface area contributed by atoms with Crippen molar-refractivity contribution in [3.63, 3.8) is 0 Å². The van der Waals surface area contributed by atoms with Crippen LogP contribution in [0.1, 0.15) is 25.0 Å². The Kier molecular flexibility index (Phi) is 7.55. The Morgan fingerprint density at radius 2 is 0.982 bits per heavy atom. The predicted molar refractivity (Wildman–Crippen MR) is 241 cm³/mol. The fourth-order valence-corrected chi connectivity index (χ4v) is 9.32. The van der Waals surface area contributed by atoms with Crippen molar-refractivity contribution in [1.29, 1.82) is 0 Å². The maximum absolute atomic E-state index is 2.42. The first kappa shape index (κ1) is 33.2. The van der Waals surface area contributed by atoms with Crippen molar-refractivity contribution in [2.45, 2.75) is 19.3 Å². The summed E-state index contributed by atoms with van der Waals surface area (Å²) in [5.74, 6) is 0. The lowest BCUT2D eigenvalue weighted by Gasteiger charge is -2.28. The summed E-state index contributed by atoms with van der Waals surface area (Å²) in [5, 5.41) is 4.97. The molecule has 0 saturated carbocycles. The van der Waals surface area contributed by atoms with Crippen LogP contribution in [0.2, 0.25) is 0 Å². The van der Waals surface area contributed by atoms with Crippen LogP contribution in [-0.2, 0) is 5.41 Å². The summed E-state index contributed by atoms with van der Waals surface area (Å²) in [6.07, 6.45) is 0. The fraction of sp³-hybridized carbons (Fsp3) is 0.0545. The molecule has 9 aromatic carbocycles. The Balaban J connectivity index is 1.02. The van der Waals surface area contributed by atoms with E-state index in [9.17, 15) is 0 Å². The van der Waals surface area contributed by atoms with Gasteiger partial charge in [-0.25, -0.2) is 0 Å². The Morgan fingerprint density at radius 1 is 0.368 bits per heavy atom. The van der Waals surface area contributed by atoms with Gasteiger partial charge < -0.3 is 9.47 Å². The molecule has 2 nitrogen and oxygen atoms in total. The maximum atomic E-state index is 2.42. The van der Waals surface area contributed by atoms with Crippen LogP contribution in [0, 0.1) is 0 Å². The Hall–Kier alpha value is -7.16. The quantitative estimate of drug-likeness (QED) is 0.165. The lowest BCUT2D eigenvalue weighted by atomic mass is 9.82. The van der Waals surface area contributed by atoms with Gasteiger partial charge in [-0.05, 0) is 128 Å². The van der Waals surface area contributed by atoms with Crippen LogP contribution in [0.4, 0.5) is 17.1 Å². The van der Waals surface area contributed by atoms with E-state index >= 15 is 0 Å². The molecule has 1 heterocycles. The zero-order chi connectivity index (χ0) is 38.1. The van der Waals surface area contributed by atoms with Crippen LogP contribution in [-0.4, -0.2) is 4.57 Å². The molecule has 270 valence electrons. The normalized spacial score (nSPS) is 12.9. The number of benzene rings is 9. The second kappa shape index (κ2) is 13.0. The van der Waals surface area contributed by atoms with Gasteiger partial charge in [-0.15, -0.1) is 0 Å². The smallest absolute Gasteiger partial charge is 0.0541 e. The van der Waals surface area contributed by atoms with E-state index in [1.165, 1.54) is 82.8 Å². The van der Waals surface area contributed by atoms with E-state index in [-0.39, 0.29) is 5.41 Å². The van der Waals surface area contributed by atoms with E-state index in [2.05, 4.69) is 230 Å². The summed E-state index contributed by atoms with van der Waals surface area (Å²) in [4.78, 5) is 2.42. The molecule has 0 radical (unpaired) electrons. The van der Waals surface area contributed by atoms with Gasteiger partial charge >= 0.3 is 0 Å². The third-order valence-electron chi connectivity index (χ3n) is 12.1. The van der Waals surface area contributed by atoms with Crippen LogP contribution in [0.3, 0.4) is 0 Å². The third-order valence-corrected chi connectivity index (χ3v) is 12.1. The highest BCUT2D eigenvalue weighted by atomic mass is 15.1. The topological polar surface area (TPSA) is 8.17 Å². The van der Waals surface area contributed by atoms with Crippen molar-refractivity contribution in [3.05, 3.63) is 217 Å². The average Bonchev–Trinajstić information content (AvgIpc) is 3.72. The van der Waals surface area contributed by atoms with E-state index in [0.29, 0.717) is 0 Å². The molecule has 1 aromatic heterocycles. The number of nitrogens with zero attached hydrogens (tertiary/aromatic N) is 2. The monoisotopic (exact) mass is 728 g/mol. The molecular weight excluding hydrogens is 689 g/mol. The number of anilines is 3. The number of para-hydroxylation sites is 2. The molecule has 0 amide bonds. The second-order valence-electron chi connectivity index (χ2n) is 15.8. The molecule has 1 aliphatic carbocycles. The summed E-state index contributed by atoms with van der Waals surface area (Å²) in [6.45, 7) is 4.69. The molecule has 0 aliphatic heterocycles. The average molecular weight is 729 g/mol. The van der Waals surface area contributed by atoms with Gasteiger partial charge in [-0.2, -0.15) is 0 Å². The molecule has 0 spiro atoms. The summed E-state index contributed by atoms with van der Waals surface area (Å²) in [7, 11) is 0. The first-order chi connectivity index (χ1) is 28.0. The van der Waals surface area contributed by atoms with Gasteiger partial charge in [-0.1, -0.05) is 147 Å². The number of aromatic nitrogens is 1. The minimum absolute atomic E-state index is 0.0489. The largest absolute Gasteiger partial charge is 0.310 e. The molecule has 1 aliphatic rings.